The first-order valence-corrected chi connectivity index (χ1v) is 4.16. The van der Waals surface area contributed by atoms with Gasteiger partial charge in [-0.2, -0.15) is 0 Å². The predicted molar refractivity (Wildman–Crippen MR) is 48.5 cm³/mol. The molecule has 0 saturated carbocycles. The minimum Gasteiger partial charge on any atom is -0.299 e. The van der Waals surface area contributed by atoms with Crippen LogP contribution in [-0.4, -0.2) is 6.29 Å². The summed E-state index contributed by atoms with van der Waals surface area (Å²) in [5, 5.41) is 0. The molecule has 0 saturated heterocycles. The van der Waals surface area contributed by atoms with Crippen molar-refractivity contribution in [3.05, 3.63) is 23.8 Å². The zero-order valence-corrected chi connectivity index (χ0v) is 7.34. The molecule has 0 unspecified atom stereocenters. The molecule has 0 aliphatic heterocycles. The van der Waals surface area contributed by atoms with Crippen molar-refractivity contribution < 1.29 is 4.79 Å². The average molecular weight is 152 g/mol. The van der Waals surface area contributed by atoms with E-state index in [0.717, 1.165) is 19.1 Å². The van der Waals surface area contributed by atoms with Crippen LogP contribution in [0.2, 0.25) is 0 Å². The van der Waals surface area contributed by atoms with E-state index in [9.17, 15) is 4.79 Å². The van der Waals surface area contributed by atoms with E-state index < -0.39 is 0 Å². The van der Waals surface area contributed by atoms with Crippen LogP contribution in [0.4, 0.5) is 0 Å². The van der Waals surface area contributed by atoms with Gasteiger partial charge in [-0.3, -0.25) is 4.79 Å². The van der Waals surface area contributed by atoms with Gasteiger partial charge in [0.05, 0.1) is 0 Å². The Labute approximate surface area is 68.8 Å². The van der Waals surface area contributed by atoms with Gasteiger partial charge in [-0.1, -0.05) is 38.0 Å². The van der Waals surface area contributed by atoms with Crippen molar-refractivity contribution in [3.63, 3.8) is 0 Å². The number of carbonyl (C=O) groups is 1. The minimum atomic E-state index is 0.815. The van der Waals surface area contributed by atoms with Crippen LogP contribution < -0.4 is 0 Å². The highest BCUT2D eigenvalue weighted by Crippen LogP contribution is 2.04. The zero-order chi connectivity index (χ0) is 8.53. The molecule has 0 fully saturated rings. The molecule has 1 nitrogen and oxygen atoms in total. The molecule has 0 aliphatic rings. The summed E-state index contributed by atoms with van der Waals surface area (Å²) >= 11 is 0. The lowest BCUT2D eigenvalue weighted by Crippen LogP contribution is -1.75. The SMILES string of the molecule is CCCC=C(C=CC=O)CC. The Morgan fingerprint density at radius 2 is 2.09 bits per heavy atom. The van der Waals surface area contributed by atoms with Crippen LogP contribution in [0.3, 0.4) is 0 Å². The molecule has 0 bridgehead atoms. The van der Waals surface area contributed by atoms with Gasteiger partial charge in [0.25, 0.3) is 0 Å². The largest absolute Gasteiger partial charge is 0.299 e. The lowest BCUT2D eigenvalue weighted by Gasteiger charge is -1.94. The van der Waals surface area contributed by atoms with Gasteiger partial charge in [0.1, 0.15) is 6.29 Å². The van der Waals surface area contributed by atoms with E-state index in [1.54, 1.807) is 6.08 Å². The van der Waals surface area contributed by atoms with E-state index >= 15 is 0 Å². The Morgan fingerprint density at radius 3 is 2.55 bits per heavy atom. The Bertz CT molecular complexity index is 154. The van der Waals surface area contributed by atoms with Crippen molar-refractivity contribution in [2.24, 2.45) is 0 Å². The summed E-state index contributed by atoms with van der Waals surface area (Å²) in [6, 6.07) is 0. The smallest absolute Gasteiger partial charge is 0.142 e. The monoisotopic (exact) mass is 152 g/mol. The fourth-order valence-electron chi connectivity index (χ4n) is 0.823. The van der Waals surface area contributed by atoms with Crippen molar-refractivity contribution in [1.29, 1.82) is 0 Å². The first kappa shape index (κ1) is 10.2. The molecule has 0 amide bonds. The van der Waals surface area contributed by atoms with Crippen molar-refractivity contribution >= 4 is 6.29 Å². The topological polar surface area (TPSA) is 17.1 Å². The maximum atomic E-state index is 9.99. The van der Waals surface area contributed by atoms with Crippen molar-refractivity contribution in [3.8, 4) is 0 Å². The first-order valence-electron chi connectivity index (χ1n) is 4.16. The van der Waals surface area contributed by atoms with Gasteiger partial charge < -0.3 is 0 Å². The molecular weight excluding hydrogens is 136 g/mol. The molecule has 0 aromatic rings. The number of hydrogen-bond acceptors (Lipinski definition) is 1. The molecule has 0 N–H and O–H groups in total. The molecular formula is C10H16O. The Hall–Kier alpha value is -0.850. The Morgan fingerprint density at radius 1 is 1.36 bits per heavy atom. The number of hydrogen-bond donors (Lipinski definition) is 0. The van der Waals surface area contributed by atoms with Gasteiger partial charge in [0, 0.05) is 0 Å². The summed E-state index contributed by atoms with van der Waals surface area (Å²) in [5.41, 5.74) is 1.25. The molecule has 1 heteroatoms. The second-order valence-electron chi connectivity index (χ2n) is 2.42. The van der Waals surface area contributed by atoms with Crippen molar-refractivity contribution in [2.75, 3.05) is 0 Å². The van der Waals surface area contributed by atoms with Crippen LogP contribution in [0.15, 0.2) is 23.8 Å². The van der Waals surface area contributed by atoms with E-state index in [1.807, 2.05) is 6.08 Å². The summed E-state index contributed by atoms with van der Waals surface area (Å²) < 4.78 is 0. The van der Waals surface area contributed by atoms with Crippen LogP contribution in [0, 0.1) is 0 Å². The standard InChI is InChI=1S/C10H16O/c1-3-5-7-10(4-2)8-6-9-11/h6-9H,3-5H2,1-2H3. The average Bonchev–Trinajstić information content (AvgIpc) is 2.05. The van der Waals surface area contributed by atoms with Crippen LogP contribution in [0.25, 0.3) is 0 Å². The lowest BCUT2D eigenvalue weighted by atomic mass is 10.1. The fourth-order valence-corrected chi connectivity index (χ4v) is 0.823. The highest BCUT2D eigenvalue weighted by Gasteiger charge is 1.85. The Balaban J connectivity index is 3.92. The van der Waals surface area contributed by atoms with Gasteiger partial charge in [-0.15, -0.1) is 0 Å². The maximum absolute atomic E-state index is 9.99. The molecule has 62 valence electrons. The molecule has 0 aromatic carbocycles. The molecule has 0 aromatic heterocycles. The fraction of sp³-hybridized carbons (Fsp3) is 0.500. The highest BCUT2D eigenvalue weighted by atomic mass is 16.1. The third-order valence-corrected chi connectivity index (χ3v) is 1.49. The van der Waals surface area contributed by atoms with Gasteiger partial charge >= 0.3 is 0 Å². The number of unbranched alkanes of at least 4 members (excludes halogenated alkanes) is 1. The number of allylic oxidation sites excluding steroid dienone is 4. The van der Waals surface area contributed by atoms with Gasteiger partial charge in [0.2, 0.25) is 0 Å². The predicted octanol–water partition coefficient (Wildman–Crippen LogP) is 2.88. The molecule has 0 rings (SSSR count). The summed E-state index contributed by atoms with van der Waals surface area (Å²) in [6.07, 6.45) is 9.69. The van der Waals surface area contributed by atoms with Gasteiger partial charge in [-0.25, -0.2) is 0 Å². The molecule has 0 spiro atoms. The molecule has 0 radical (unpaired) electrons. The van der Waals surface area contributed by atoms with Crippen molar-refractivity contribution in [2.45, 2.75) is 33.1 Å². The van der Waals surface area contributed by atoms with E-state index in [2.05, 4.69) is 19.9 Å². The van der Waals surface area contributed by atoms with E-state index in [1.165, 1.54) is 12.0 Å². The second kappa shape index (κ2) is 7.26. The van der Waals surface area contributed by atoms with Crippen LogP contribution >= 0.6 is 0 Å². The zero-order valence-electron chi connectivity index (χ0n) is 7.34. The third kappa shape index (κ3) is 5.59. The summed E-state index contributed by atoms with van der Waals surface area (Å²) in [7, 11) is 0. The molecule has 0 heterocycles. The lowest BCUT2D eigenvalue weighted by molar-refractivity contribution is -0.104. The normalized spacial score (nSPS) is 12.4. The molecule has 11 heavy (non-hydrogen) atoms. The molecule has 0 aliphatic carbocycles. The maximum Gasteiger partial charge on any atom is 0.142 e. The number of rotatable bonds is 5. The van der Waals surface area contributed by atoms with Crippen LogP contribution in [0.5, 0.6) is 0 Å². The summed E-state index contributed by atoms with van der Waals surface area (Å²) in [6.45, 7) is 4.24. The quantitative estimate of drug-likeness (QED) is 0.336. The van der Waals surface area contributed by atoms with E-state index in [0.29, 0.717) is 0 Å². The summed E-state index contributed by atoms with van der Waals surface area (Å²) in [4.78, 5) is 9.99. The van der Waals surface area contributed by atoms with Gasteiger partial charge in [-0.05, 0) is 18.9 Å². The number of aldehydes is 1. The Kier molecular flexibility index (Phi) is 6.70. The second-order valence-corrected chi connectivity index (χ2v) is 2.42. The highest BCUT2D eigenvalue weighted by molar-refractivity contribution is 5.65. The number of carbonyl (C=O) groups excluding carboxylic acids is 1. The van der Waals surface area contributed by atoms with Crippen molar-refractivity contribution in [1.82, 2.24) is 0 Å². The molecule has 0 atom stereocenters. The van der Waals surface area contributed by atoms with E-state index in [4.69, 9.17) is 0 Å². The first-order chi connectivity index (χ1) is 5.35. The van der Waals surface area contributed by atoms with E-state index in [-0.39, 0.29) is 0 Å². The van der Waals surface area contributed by atoms with Gasteiger partial charge in [0.15, 0.2) is 0 Å². The third-order valence-electron chi connectivity index (χ3n) is 1.49. The van der Waals surface area contributed by atoms with Crippen LogP contribution in [0.1, 0.15) is 33.1 Å². The summed E-state index contributed by atoms with van der Waals surface area (Å²) in [5.74, 6) is 0. The minimum absolute atomic E-state index is 0.815. The van der Waals surface area contributed by atoms with Crippen LogP contribution in [-0.2, 0) is 4.79 Å².